The molecule has 19 heavy (non-hydrogen) atoms. The highest BCUT2D eigenvalue weighted by molar-refractivity contribution is 5.75. The zero-order valence-corrected chi connectivity index (χ0v) is 12.7. The van der Waals surface area contributed by atoms with Gasteiger partial charge in [0, 0.05) is 6.42 Å². The number of carboxylic acid groups (broad SMARTS) is 2. The van der Waals surface area contributed by atoms with Gasteiger partial charge in [-0.15, -0.1) is 0 Å². The lowest BCUT2D eigenvalue weighted by atomic mass is 9.62. The molecule has 1 unspecified atom stereocenters. The Balaban J connectivity index is 4.74. The van der Waals surface area contributed by atoms with Crippen LogP contribution in [0.4, 0.5) is 0 Å². The zero-order valence-electron chi connectivity index (χ0n) is 12.7. The molecule has 1 atom stereocenters. The molecule has 0 heterocycles. The molecule has 0 aliphatic rings. The van der Waals surface area contributed by atoms with Crippen LogP contribution in [0.1, 0.15) is 72.6 Å². The summed E-state index contributed by atoms with van der Waals surface area (Å²) in [4.78, 5) is 22.3. The average Bonchev–Trinajstić information content (AvgIpc) is 2.31. The molecule has 0 bridgehead atoms. The monoisotopic (exact) mass is 272 g/mol. The van der Waals surface area contributed by atoms with Gasteiger partial charge in [0.05, 0.1) is 5.41 Å². The molecule has 0 spiro atoms. The number of carboxylic acids is 2. The van der Waals surface area contributed by atoms with E-state index in [2.05, 4.69) is 6.92 Å². The standard InChI is InChI=1S/C15H28O4/c1-5-6-7-8-10-15(4,13(18)19)14(2,3)11-9-12(16)17/h5-11H2,1-4H3,(H,16,17)(H,18,19). The number of carbonyl (C=O) groups is 2. The SMILES string of the molecule is CCCCCCC(C)(C(=O)O)C(C)(C)CCC(=O)O. The quantitative estimate of drug-likeness (QED) is 0.591. The van der Waals surface area contributed by atoms with Crippen LogP contribution in [0.25, 0.3) is 0 Å². The fraction of sp³-hybridized carbons (Fsp3) is 0.867. The Bertz CT molecular complexity index is 309. The molecule has 0 radical (unpaired) electrons. The zero-order chi connectivity index (χ0) is 15.1. The highest BCUT2D eigenvalue weighted by Gasteiger charge is 2.46. The van der Waals surface area contributed by atoms with Gasteiger partial charge < -0.3 is 10.2 Å². The molecule has 0 saturated heterocycles. The van der Waals surface area contributed by atoms with E-state index in [1.165, 1.54) is 0 Å². The molecule has 0 amide bonds. The van der Waals surface area contributed by atoms with Crippen LogP contribution in [0, 0.1) is 10.8 Å². The summed E-state index contributed by atoms with van der Waals surface area (Å²) in [5, 5.41) is 18.3. The molecule has 0 aromatic carbocycles. The average molecular weight is 272 g/mol. The van der Waals surface area contributed by atoms with Crippen molar-refractivity contribution in [2.75, 3.05) is 0 Å². The summed E-state index contributed by atoms with van der Waals surface area (Å²) < 4.78 is 0. The van der Waals surface area contributed by atoms with Crippen molar-refractivity contribution in [1.29, 1.82) is 0 Å². The maximum Gasteiger partial charge on any atom is 0.309 e. The fourth-order valence-corrected chi connectivity index (χ4v) is 2.34. The van der Waals surface area contributed by atoms with E-state index < -0.39 is 22.8 Å². The van der Waals surface area contributed by atoms with Crippen LogP contribution in [0.15, 0.2) is 0 Å². The second-order valence-electron chi connectivity index (χ2n) is 6.23. The first kappa shape index (κ1) is 17.9. The van der Waals surface area contributed by atoms with E-state index in [1.54, 1.807) is 6.92 Å². The molecule has 112 valence electrons. The first-order valence-corrected chi connectivity index (χ1v) is 7.12. The maximum atomic E-state index is 11.6. The van der Waals surface area contributed by atoms with Crippen LogP contribution in [-0.4, -0.2) is 22.2 Å². The van der Waals surface area contributed by atoms with E-state index in [4.69, 9.17) is 5.11 Å². The Morgan fingerprint density at radius 2 is 1.53 bits per heavy atom. The molecule has 0 rings (SSSR count). The van der Waals surface area contributed by atoms with Gasteiger partial charge in [0.15, 0.2) is 0 Å². The van der Waals surface area contributed by atoms with E-state index in [9.17, 15) is 14.7 Å². The molecule has 2 N–H and O–H groups in total. The third kappa shape index (κ3) is 5.21. The van der Waals surface area contributed by atoms with Crippen molar-refractivity contribution in [1.82, 2.24) is 0 Å². The Kier molecular flexibility index (Phi) is 7.09. The number of rotatable bonds is 10. The summed E-state index contributed by atoms with van der Waals surface area (Å²) in [5.41, 5.74) is -1.39. The highest BCUT2D eigenvalue weighted by Crippen LogP contribution is 2.46. The van der Waals surface area contributed by atoms with Gasteiger partial charge in [0.25, 0.3) is 0 Å². The van der Waals surface area contributed by atoms with Gasteiger partial charge in [0.1, 0.15) is 0 Å². The fourth-order valence-electron chi connectivity index (χ4n) is 2.34. The summed E-state index contributed by atoms with van der Waals surface area (Å²) >= 11 is 0. The smallest absolute Gasteiger partial charge is 0.309 e. The van der Waals surface area contributed by atoms with Crippen LogP contribution in [0.3, 0.4) is 0 Å². The molecule has 0 saturated carbocycles. The van der Waals surface area contributed by atoms with Gasteiger partial charge in [-0.3, -0.25) is 9.59 Å². The van der Waals surface area contributed by atoms with Crippen molar-refractivity contribution < 1.29 is 19.8 Å². The van der Waals surface area contributed by atoms with Gasteiger partial charge in [-0.25, -0.2) is 0 Å². The van der Waals surface area contributed by atoms with Crippen molar-refractivity contribution in [3.63, 3.8) is 0 Å². The minimum atomic E-state index is -0.869. The number of hydrogen-bond donors (Lipinski definition) is 2. The summed E-state index contributed by atoms with van der Waals surface area (Å²) in [7, 11) is 0. The summed E-state index contributed by atoms with van der Waals surface area (Å²) in [6.45, 7) is 7.60. The van der Waals surface area contributed by atoms with Crippen molar-refractivity contribution in [2.24, 2.45) is 10.8 Å². The lowest BCUT2D eigenvalue weighted by Gasteiger charge is -2.41. The van der Waals surface area contributed by atoms with Gasteiger partial charge in [-0.1, -0.05) is 46.5 Å². The van der Waals surface area contributed by atoms with Crippen LogP contribution in [0.2, 0.25) is 0 Å². The van der Waals surface area contributed by atoms with Gasteiger partial charge in [-0.2, -0.15) is 0 Å². The summed E-state index contributed by atoms with van der Waals surface area (Å²) in [6, 6.07) is 0. The first-order valence-electron chi connectivity index (χ1n) is 7.12. The highest BCUT2D eigenvalue weighted by atomic mass is 16.4. The minimum absolute atomic E-state index is 0.0187. The number of unbranched alkanes of at least 4 members (excludes halogenated alkanes) is 3. The Hall–Kier alpha value is -1.06. The van der Waals surface area contributed by atoms with Crippen molar-refractivity contribution >= 4 is 11.9 Å². The molecule has 4 nitrogen and oxygen atoms in total. The van der Waals surface area contributed by atoms with E-state index in [0.29, 0.717) is 12.8 Å². The van der Waals surface area contributed by atoms with Gasteiger partial charge in [-0.05, 0) is 25.2 Å². The largest absolute Gasteiger partial charge is 0.481 e. The molecule has 0 fully saturated rings. The van der Waals surface area contributed by atoms with Crippen molar-refractivity contribution in [3.05, 3.63) is 0 Å². The first-order chi connectivity index (χ1) is 8.67. The molecule has 0 aromatic rings. The number of hydrogen-bond acceptors (Lipinski definition) is 2. The van der Waals surface area contributed by atoms with E-state index in [-0.39, 0.29) is 6.42 Å². The lowest BCUT2D eigenvalue weighted by Crippen LogP contribution is -2.42. The minimum Gasteiger partial charge on any atom is -0.481 e. The second kappa shape index (κ2) is 7.51. The van der Waals surface area contributed by atoms with E-state index in [0.717, 1.165) is 25.7 Å². The van der Waals surface area contributed by atoms with Crippen molar-refractivity contribution in [3.8, 4) is 0 Å². The Labute approximate surface area is 116 Å². The summed E-state index contributed by atoms with van der Waals surface area (Å²) in [6.07, 6.45) is 5.16. The third-order valence-corrected chi connectivity index (χ3v) is 4.46. The number of aliphatic carboxylic acids is 2. The molecular formula is C15H28O4. The Morgan fingerprint density at radius 3 is 1.95 bits per heavy atom. The summed E-state index contributed by atoms with van der Waals surface area (Å²) in [5.74, 6) is -1.69. The molecule has 0 aliphatic heterocycles. The predicted molar refractivity (Wildman–Crippen MR) is 75.2 cm³/mol. The maximum absolute atomic E-state index is 11.6. The normalized spacial score (nSPS) is 14.9. The predicted octanol–water partition coefficient (Wildman–Crippen LogP) is 3.94. The van der Waals surface area contributed by atoms with E-state index >= 15 is 0 Å². The molecule has 0 aromatic heterocycles. The molecule has 0 aliphatic carbocycles. The Morgan fingerprint density at radius 1 is 0.947 bits per heavy atom. The van der Waals surface area contributed by atoms with Gasteiger partial charge >= 0.3 is 11.9 Å². The van der Waals surface area contributed by atoms with Crippen molar-refractivity contribution in [2.45, 2.75) is 72.6 Å². The van der Waals surface area contributed by atoms with Crippen LogP contribution in [-0.2, 0) is 9.59 Å². The third-order valence-electron chi connectivity index (χ3n) is 4.46. The molecule has 4 heteroatoms. The van der Waals surface area contributed by atoms with Gasteiger partial charge in [0.2, 0.25) is 0 Å². The second-order valence-corrected chi connectivity index (χ2v) is 6.23. The topological polar surface area (TPSA) is 74.6 Å². The molecular weight excluding hydrogens is 244 g/mol. The lowest BCUT2D eigenvalue weighted by molar-refractivity contribution is -0.158. The van der Waals surface area contributed by atoms with Crippen LogP contribution >= 0.6 is 0 Å². The van der Waals surface area contributed by atoms with Crippen LogP contribution < -0.4 is 0 Å². The van der Waals surface area contributed by atoms with E-state index in [1.807, 2.05) is 13.8 Å². The van der Waals surface area contributed by atoms with Crippen LogP contribution in [0.5, 0.6) is 0 Å².